The highest BCUT2D eigenvalue weighted by molar-refractivity contribution is 5.75. The number of hydrogen-bond acceptors (Lipinski definition) is 5. The van der Waals surface area contributed by atoms with E-state index in [1.807, 2.05) is 0 Å². The lowest BCUT2D eigenvalue weighted by Gasteiger charge is -2.25. The molecule has 1 aliphatic heterocycles. The van der Waals surface area contributed by atoms with Gasteiger partial charge in [0.25, 0.3) is 0 Å². The zero-order chi connectivity index (χ0) is 14.5. The van der Waals surface area contributed by atoms with Gasteiger partial charge in [0.15, 0.2) is 11.5 Å². The summed E-state index contributed by atoms with van der Waals surface area (Å²) < 4.78 is 11.2. The Bertz CT molecular complexity index is 472. The molecule has 4 N–H and O–H groups in total. The fourth-order valence-corrected chi connectivity index (χ4v) is 2.22. The van der Waals surface area contributed by atoms with E-state index < -0.39 is 12.0 Å². The summed E-state index contributed by atoms with van der Waals surface area (Å²) in [6.07, 6.45) is 2.08. The summed E-state index contributed by atoms with van der Waals surface area (Å²) in [5, 5.41) is 12.2. The minimum absolute atomic E-state index is 0.0638. The maximum atomic E-state index is 10.9. The summed E-state index contributed by atoms with van der Waals surface area (Å²) >= 11 is 0. The molecule has 0 radical (unpaired) electrons. The standard InChI is InChI=1S/C14H20N2O4/c1-19-11-5-4-9(13(15)14(17)18)7-12(11)20-10-3-2-6-16-8-10/h4-5,7,10,13,16H,2-3,6,8,15H2,1H3,(H,17,18). The normalized spacial score (nSPS) is 20.2. The van der Waals surface area contributed by atoms with Crippen LogP contribution in [0.25, 0.3) is 0 Å². The molecule has 0 aromatic heterocycles. The molecule has 110 valence electrons. The molecule has 6 heteroatoms. The molecule has 1 aliphatic rings. The Kier molecular flexibility index (Phi) is 4.81. The van der Waals surface area contributed by atoms with E-state index in [0.29, 0.717) is 17.1 Å². The predicted molar refractivity (Wildman–Crippen MR) is 74.1 cm³/mol. The lowest BCUT2D eigenvalue weighted by Crippen LogP contribution is -2.37. The van der Waals surface area contributed by atoms with Gasteiger partial charge < -0.3 is 25.6 Å². The third kappa shape index (κ3) is 3.40. The minimum atomic E-state index is -1.07. The van der Waals surface area contributed by atoms with Crippen molar-refractivity contribution < 1.29 is 19.4 Å². The fraction of sp³-hybridized carbons (Fsp3) is 0.500. The molecular formula is C14H20N2O4. The van der Waals surface area contributed by atoms with Crippen LogP contribution in [-0.4, -0.2) is 37.4 Å². The average molecular weight is 280 g/mol. The molecule has 2 unspecified atom stereocenters. The van der Waals surface area contributed by atoms with Crippen molar-refractivity contribution in [1.82, 2.24) is 5.32 Å². The Hall–Kier alpha value is -1.79. The molecule has 0 spiro atoms. The average Bonchev–Trinajstić information content (AvgIpc) is 2.47. The van der Waals surface area contributed by atoms with Crippen LogP contribution in [0.3, 0.4) is 0 Å². The van der Waals surface area contributed by atoms with Crippen LogP contribution in [0.1, 0.15) is 24.4 Å². The van der Waals surface area contributed by atoms with Crippen LogP contribution < -0.4 is 20.5 Å². The van der Waals surface area contributed by atoms with Crippen LogP contribution in [0.4, 0.5) is 0 Å². The van der Waals surface area contributed by atoms with Crippen molar-refractivity contribution in [2.45, 2.75) is 25.0 Å². The lowest BCUT2D eigenvalue weighted by atomic mass is 10.1. The largest absolute Gasteiger partial charge is 0.493 e. The van der Waals surface area contributed by atoms with Gasteiger partial charge >= 0.3 is 5.97 Å². The molecule has 0 saturated carbocycles. The number of carbonyl (C=O) groups is 1. The summed E-state index contributed by atoms with van der Waals surface area (Å²) in [4.78, 5) is 10.9. The van der Waals surface area contributed by atoms with Gasteiger partial charge in [-0.05, 0) is 37.1 Å². The number of aliphatic carboxylic acids is 1. The number of benzene rings is 1. The molecule has 2 atom stereocenters. The van der Waals surface area contributed by atoms with Crippen molar-refractivity contribution in [3.8, 4) is 11.5 Å². The first kappa shape index (κ1) is 14.6. The smallest absolute Gasteiger partial charge is 0.325 e. The van der Waals surface area contributed by atoms with Crippen molar-refractivity contribution in [3.05, 3.63) is 23.8 Å². The molecule has 6 nitrogen and oxygen atoms in total. The van der Waals surface area contributed by atoms with E-state index in [0.717, 1.165) is 25.9 Å². The molecule has 1 aromatic rings. The van der Waals surface area contributed by atoms with Crippen LogP contribution in [0, 0.1) is 0 Å². The monoisotopic (exact) mass is 280 g/mol. The first-order chi connectivity index (χ1) is 9.61. The Morgan fingerprint density at radius 2 is 2.30 bits per heavy atom. The number of piperidine rings is 1. The van der Waals surface area contributed by atoms with Crippen LogP contribution in [-0.2, 0) is 4.79 Å². The van der Waals surface area contributed by atoms with E-state index in [-0.39, 0.29) is 6.10 Å². The molecule has 0 bridgehead atoms. The highest BCUT2D eigenvalue weighted by atomic mass is 16.5. The van der Waals surface area contributed by atoms with Crippen molar-refractivity contribution in [3.63, 3.8) is 0 Å². The molecule has 1 heterocycles. The number of carboxylic acids is 1. The second kappa shape index (κ2) is 6.58. The minimum Gasteiger partial charge on any atom is -0.493 e. The molecule has 1 aromatic carbocycles. The molecule has 0 amide bonds. The third-order valence-electron chi connectivity index (χ3n) is 3.36. The predicted octanol–water partition coefficient (Wildman–Crippen LogP) is 0.910. The van der Waals surface area contributed by atoms with Gasteiger partial charge in [-0.15, -0.1) is 0 Å². The summed E-state index contributed by atoms with van der Waals surface area (Å²) in [6, 6.07) is 3.91. The SMILES string of the molecule is COc1ccc(C(N)C(=O)O)cc1OC1CCCNC1. The van der Waals surface area contributed by atoms with Crippen LogP contribution in [0.15, 0.2) is 18.2 Å². The molecule has 1 fully saturated rings. The van der Waals surface area contributed by atoms with Gasteiger partial charge in [0, 0.05) is 6.54 Å². The van der Waals surface area contributed by atoms with Crippen molar-refractivity contribution >= 4 is 5.97 Å². The Labute approximate surface area is 117 Å². The van der Waals surface area contributed by atoms with Crippen molar-refractivity contribution in [1.29, 1.82) is 0 Å². The summed E-state index contributed by atoms with van der Waals surface area (Å²) in [5.74, 6) is 0.0489. The van der Waals surface area contributed by atoms with Crippen molar-refractivity contribution in [2.75, 3.05) is 20.2 Å². The summed E-state index contributed by atoms with van der Waals surface area (Å²) in [7, 11) is 1.55. The number of rotatable bonds is 5. The molecule has 2 rings (SSSR count). The van der Waals surface area contributed by atoms with Gasteiger partial charge in [-0.1, -0.05) is 6.07 Å². The zero-order valence-electron chi connectivity index (χ0n) is 11.5. The first-order valence-corrected chi connectivity index (χ1v) is 6.65. The van der Waals surface area contributed by atoms with Crippen LogP contribution in [0.5, 0.6) is 11.5 Å². The Balaban J connectivity index is 2.19. The first-order valence-electron chi connectivity index (χ1n) is 6.65. The topological polar surface area (TPSA) is 93.8 Å². The number of carboxylic acid groups (broad SMARTS) is 1. The number of ether oxygens (including phenoxy) is 2. The van der Waals surface area contributed by atoms with E-state index in [4.69, 9.17) is 20.3 Å². The van der Waals surface area contributed by atoms with Crippen LogP contribution >= 0.6 is 0 Å². The number of hydrogen-bond donors (Lipinski definition) is 3. The van der Waals surface area contributed by atoms with Crippen molar-refractivity contribution in [2.24, 2.45) is 5.73 Å². The highest BCUT2D eigenvalue weighted by Crippen LogP contribution is 2.31. The van der Waals surface area contributed by atoms with Gasteiger partial charge in [0.05, 0.1) is 7.11 Å². The van der Waals surface area contributed by atoms with Crippen LogP contribution in [0.2, 0.25) is 0 Å². The third-order valence-corrected chi connectivity index (χ3v) is 3.36. The second-order valence-electron chi connectivity index (χ2n) is 4.81. The van der Waals surface area contributed by atoms with E-state index in [1.165, 1.54) is 0 Å². The van der Waals surface area contributed by atoms with E-state index in [1.54, 1.807) is 25.3 Å². The Morgan fingerprint density at radius 3 is 2.90 bits per heavy atom. The quantitative estimate of drug-likeness (QED) is 0.742. The van der Waals surface area contributed by atoms with E-state index >= 15 is 0 Å². The fourth-order valence-electron chi connectivity index (χ4n) is 2.22. The van der Waals surface area contributed by atoms with E-state index in [9.17, 15) is 4.79 Å². The summed E-state index contributed by atoms with van der Waals surface area (Å²) in [5.41, 5.74) is 6.12. The summed E-state index contributed by atoms with van der Waals surface area (Å²) in [6.45, 7) is 1.78. The van der Waals surface area contributed by atoms with Gasteiger partial charge in [-0.25, -0.2) is 0 Å². The molecule has 0 aliphatic carbocycles. The number of nitrogens with two attached hydrogens (primary N) is 1. The van der Waals surface area contributed by atoms with Gasteiger partial charge in [0.2, 0.25) is 0 Å². The van der Waals surface area contributed by atoms with E-state index in [2.05, 4.69) is 5.32 Å². The van der Waals surface area contributed by atoms with Gasteiger partial charge in [-0.3, -0.25) is 4.79 Å². The second-order valence-corrected chi connectivity index (χ2v) is 4.81. The Morgan fingerprint density at radius 1 is 1.50 bits per heavy atom. The highest BCUT2D eigenvalue weighted by Gasteiger charge is 2.20. The molecule has 20 heavy (non-hydrogen) atoms. The zero-order valence-corrected chi connectivity index (χ0v) is 11.5. The lowest BCUT2D eigenvalue weighted by molar-refractivity contribution is -0.138. The maximum absolute atomic E-state index is 10.9. The number of methoxy groups -OCH3 is 1. The molecule has 1 saturated heterocycles. The molecular weight excluding hydrogens is 260 g/mol. The van der Waals surface area contributed by atoms with Gasteiger partial charge in [0.1, 0.15) is 12.1 Å². The number of nitrogens with one attached hydrogen (secondary N) is 1. The van der Waals surface area contributed by atoms with Gasteiger partial charge in [-0.2, -0.15) is 0 Å². The maximum Gasteiger partial charge on any atom is 0.325 e.